The molecule has 1 aromatic rings. The third-order valence-corrected chi connectivity index (χ3v) is 1.34. The summed E-state index contributed by atoms with van der Waals surface area (Å²) in [6.07, 6.45) is 0. The van der Waals surface area contributed by atoms with Gasteiger partial charge in [0.2, 0.25) is 5.69 Å². The molecule has 1 nitrogen and oxygen atoms in total. The molecule has 0 N–H and O–H groups in total. The molecule has 0 unspecified atom stereocenters. The van der Waals surface area contributed by atoms with Gasteiger partial charge in [-0.25, -0.2) is 0 Å². The minimum atomic E-state index is 0.106. The van der Waals surface area contributed by atoms with Crippen molar-refractivity contribution < 1.29 is 9.27 Å². The van der Waals surface area contributed by atoms with Gasteiger partial charge >= 0.3 is 5.15 Å². The number of hydrogen-bond donors (Lipinski definition) is 0. The van der Waals surface area contributed by atoms with Gasteiger partial charge in [0, 0.05) is 23.8 Å². The molecule has 0 radical (unpaired) electrons. The normalized spacial score (nSPS) is 9.67. The Hall–Kier alpha value is -0.630. The second-order valence-electron chi connectivity index (χ2n) is 1.77. The van der Waals surface area contributed by atoms with Crippen LogP contribution in [-0.2, 0) is 0 Å². The third-order valence-electron chi connectivity index (χ3n) is 1.07. The van der Waals surface area contributed by atoms with Crippen molar-refractivity contribution in [3.63, 3.8) is 0 Å². The first-order valence-corrected chi connectivity index (χ1v) is 2.93. The standard InChI is InChI=1S/C6H6ClFN/c1-5-3-2-4-6(7)9(5)8/h2-4H,1H3/q+1. The van der Waals surface area contributed by atoms with Crippen molar-refractivity contribution in [2.75, 3.05) is 0 Å². The highest BCUT2D eigenvalue weighted by Gasteiger charge is 2.09. The summed E-state index contributed by atoms with van der Waals surface area (Å²) in [6.45, 7) is 1.64. The molecule has 0 atom stereocenters. The number of aryl methyl sites for hydroxylation is 1. The Morgan fingerprint density at radius 1 is 1.56 bits per heavy atom. The quantitative estimate of drug-likeness (QED) is 0.491. The molecule has 0 aliphatic rings. The van der Waals surface area contributed by atoms with Crippen molar-refractivity contribution in [2.45, 2.75) is 6.92 Å². The van der Waals surface area contributed by atoms with E-state index in [0.29, 0.717) is 10.5 Å². The molecule has 0 saturated carbocycles. The van der Waals surface area contributed by atoms with E-state index in [1.165, 1.54) is 6.07 Å². The van der Waals surface area contributed by atoms with Crippen molar-refractivity contribution in [1.82, 2.24) is 0 Å². The lowest BCUT2D eigenvalue weighted by Gasteiger charge is -1.84. The Kier molecular flexibility index (Phi) is 1.67. The van der Waals surface area contributed by atoms with Gasteiger partial charge in [-0.3, -0.25) is 0 Å². The summed E-state index contributed by atoms with van der Waals surface area (Å²) in [7, 11) is 0. The van der Waals surface area contributed by atoms with E-state index in [1.54, 1.807) is 19.1 Å². The van der Waals surface area contributed by atoms with E-state index in [1.807, 2.05) is 0 Å². The Morgan fingerprint density at radius 2 is 2.22 bits per heavy atom. The minimum Gasteiger partial charge on any atom is -0.0481 e. The van der Waals surface area contributed by atoms with Crippen LogP contribution in [0.4, 0.5) is 4.48 Å². The van der Waals surface area contributed by atoms with Crippen molar-refractivity contribution in [1.29, 1.82) is 0 Å². The Balaban J connectivity index is 3.25. The van der Waals surface area contributed by atoms with Crippen LogP contribution in [-0.4, -0.2) is 0 Å². The molecule has 0 spiro atoms. The Labute approximate surface area is 57.6 Å². The molecule has 0 bridgehead atoms. The lowest BCUT2D eigenvalue weighted by Crippen LogP contribution is -2.27. The predicted molar refractivity (Wildman–Crippen MR) is 32.9 cm³/mol. The van der Waals surface area contributed by atoms with Crippen LogP contribution >= 0.6 is 11.6 Å². The zero-order chi connectivity index (χ0) is 6.85. The molecule has 1 aromatic heterocycles. The van der Waals surface area contributed by atoms with Crippen LogP contribution in [0.15, 0.2) is 18.2 Å². The number of halogens is 2. The van der Waals surface area contributed by atoms with E-state index in [4.69, 9.17) is 11.6 Å². The lowest BCUT2D eigenvalue weighted by molar-refractivity contribution is -0.846. The van der Waals surface area contributed by atoms with Crippen molar-refractivity contribution in [3.05, 3.63) is 29.0 Å². The van der Waals surface area contributed by atoms with Gasteiger partial charge in [-0.05, 0) is 17.7 Å². The lowest BCUT2D eigenvalue weighted by atomic mass is 10.4. The van der Waals surface area contributed by atoms with Crippen molar-refractivity contribution in [2.24, 2.45) is 0 Å². The zero-order valence-electron chi connectivity index (χ0n) is 4.94. The summed E-state index contributed by atoms with van der Waals surface area (Å²) in [5.41, 5.74) is 0.502. The van der Waals surface area contributed by atoms with E-state index < -0.39 is 0 Å². The molecular formula is C6H6ClFN+. The summed E-state index contributed by atoms with van der Waals surface area (Å²) in [6, 6.07) is 4.84. The maximum Gasteiger partial charge on any atom is 0.322 e. The van der Waals surface area contributed by atoms with Gasteiger partial charge < -0.3 is 0 Å². The van der Waals surface area contributed by atoms with E-state index in [9.17, 15) is 4.48 Å². The number of rotatable bonds is 0. The maximum atomic E-state index is 12.5. The van der Waals surface area contributed by atoms with Crippen molar-refractivity contribution in [3.8, 4) is 0 Å². The SMILES string of the molecule is Cc1cccc(Cl)[n+]1F. The molecular weight excluding hydrogens is 141 g/mol. The Morgan fingerprint density at radius 3 is 2.67 bits per heavy atom. The van der Waals surface area contributed by atoms with Crippen LogP contribution in [0.3, 0.4) is 0 Å². The second kappa shape index (κ2) is 2.31. The number of pyridine rings is 1. The fourth-order valence-electron chi connectivity index (χ4n) is 0.566. The molecule has 0 fully saturated rings. The number of nitrogens with zero attached hydrogens (tertiary/aromatic N) is 1. The van der Waals surface area contributed by atoms with Gasteiger partial charge in [0.25, 0.3) is 0 Å². The molecule has 48 valence electrons. The second-order valence-corrected chi connectivity index (χ2v) is 2.16. The maximum absolute atomic E-state index is 12.5. The van der Waals surface area contributed by atoms with Crippen LogP contribution in [0.1, 0.15) is 5.69 Å². The molecule has 0 amide bonds. The predicted octanol–water partition coefficient (Wildman–Crippen LogP) is 1.67. The van der Waals surface area contributed by atoms with Gasteiger partial charge in [-0.1, -0.05) is 0 Å². The largest absolute Gasteiger partial charge is 0.322 e. The zero-order valence-corrected chi connectivity index (χ0v) is 5.69. The monoisotopic (exact) mass is 146 g/mol. The van der Waals surface area contributed by atoms with Gasteiger partial charge in [-0.2, -0.15) is 0 Å². The molecule has 1 rings (SSSR count). The van der Waals surface area contributed by atoms with Crippen LogP contribution in [0, 0.1) is 6.92 Å². The first-order valence-electron chi connectivity index (χ1n) is 2.55. The van der Waals surface area contributed by atoms with Gasteiger partial charge in [-0.15, -0.1) is 0 Å². The fraction of sp³-hybridized carbons (Fsp3) is 0.167. The van der Waals surface area contributed by atoms with Crippen molar-refractivity contribution >= 4 is 11.6 Å². The Bertz CT molecular complexity index is 204. The molecule has 0 saturated heterocycles. The molecule has 0 aliphatic carbocycles. The topological polar surface area (TPSA) is 3.88 Å². The highest BCUT2D eigenvalue weighted by Crippen LogP contribution is 2.01. The van der Waals surface area contributed by atoms with Crippen LogP contribution in [0.2, 0.25) is 5.15 Å². The smallest absolute Gasteiger partial charge is 0.0481 e. The average molecular weight is 147 g/mol. The molecule has 9 heavy (non-hydrogen) atoms. The highest BCUT2D eigenvalue weighted by molar-refractivity contribution is 6.28. The third kappa shape index (κ3) is 1.19. The van der Waals surface area contributed by atoms with Crippen LogP contribution in [0.5, 0.6) is 0 Å². The first kappa shape index (κ1) is 6.49. The van der Waals surface area contributed by atoms with E-state index >= 15 is 0 Å². The molecule has 0 aromatic carbocycles. The fourth-order valence-corrected chi connectivity index (χ4v) is 0.772. The minimum absolute atomic E-state index is 0.106. The summed E-state index contributed by atoms with van der Waals surface area (Å²) in [4.78, 5) is 0.432. The van der Waals surface area contributed by atoms with Gasteiger partial charge in [0.15, 0.2) is 0 Å². The van der Waals surface area contributed by atoms with Crippen LogP contribution < -0.4 is 4.79 Å². The molecule has 3 heteroatoms. The summed E-state index contributed by atoms with van der Waals surface area (Å²) in [5.74, 6) is 0. The molecule has 1 heterocycles. The summed E-state index contributed by atoms with van der Waals surface area (Å²) >= 11 is 5.40. The van der Waals surface area contributed by atoms with E-state index in [2.05, 4.69) is 0 Å². The number of aromatic nitrogens is 1. The number of hydrogen-bond acceptors (Lipinski definition) is 0. The first-order chi connectivity index (χ1) is 4.22. The van der Waals surface area contributed by atoms with Gasteiger partial charge in [0.05, 0.1) is 4.48 Å². The van der Waals surface area contributed by atoms with E-state index in [-0.39, 0.29) is 5.15 Å². The molecule has 0 aliphatic heterocycles. The summed E-state index contributed by atoms with van der Waals surface area (Å²) < 4.78 is 12.5. The average Bonchev–Trinajstić information content (AvgIpc) is 1.83. The van der Waals surface area contributed by atoms with Crippen LogP contribution in [0.25, 0.3) is 0 Å². The summed E-state index contributed by atoms with van der Waals surface area (Å²) in [5, 5.41) is 0.106. The van der Waals surface area contributed by atoms with Gasteiger partial charge in [0.1, 0.15) is 0 Å². The highest BCUT2D eigenvalue weighted by atomic mass is 35.5. The van der Waals surface area contributed by atoms with E-state index in [0.717, 1.165) is 0 Å².